The predicted molar refractivity (Wildman–Crippen MR) is 118 cm³/mol. The number of amides is 2. The van der Waals surface area contributed by atoms with E-state index in [0.29, 0.717) is 36.3 Å². The summed E-state index contributed by atoms with van der Waals surface area (Å²) in [6, 6.07) is 11.7. The summed E-state index contributed by atoms with van der Waals surface area (Å²) in [7, 11) is 0. The molecule has 2 aromatic rings. The number of furan rings is 1. The van der Waals surface area contributed by atoms with E-state index in [1.807, 2.05) is 60.0 Å². The molecule has 0 spiro atoms. The van der Waals surface area contributed by atoms with Gasteiger partial charge in [-0.05, 0) is 56.7 Å². The normalized spacial score (nSPS) is 22.0. The van der Waals surface area contributed by atoms with Crippen LogP contribution in [0.2, 0.25) is 0 Å². The van der Waals surface area contributed by atoms with Gasteiger partial charge in [0.15, 0.2) is 0 Å². The zero-order valence-electron chi connectivity index (χ0n) is 18.7. The zero-order valence-corrected chi connectivity index (χ0v) is 18.7. The molecule has 0 N–H and O–H groups in total. The molecule has 1 aromatic heterocycles. The minimum absolute atomic E-state index is 0.0442. The van der Waals surface area contributed by atoms with Gasteiger partial charge in [0.05, 0.1) is 12.2 Å². The van der Waals surface area contributed by atoms with Crippen molar-refractivity contribution in [3.05, 3.63) is 53.5 Å². The largest absolute Gasteiger partial charge is 0.493 e. The van der Waals surface area contributed by atoms with Gasteiger partial charge in [0.2, 0.25) is 5.91 Å². The Morgan fingerprint density at radius 2 is 1.77 bits per heavy atom. The summed E-state index contributed by atoms with van der Waals surface area (Å²) in [5, 5.41) is 0. The highest BCUT2D eigenvalue weighted by atomic mass is 16.5. The van der Waals surface area contributed by atoms with Gasteiger partial charge in [-0.25, -0.2) is 0 Å². The minimum atomic E-state index is 0.0442. The van der Waals surface area contributed by atoms with Crippen molar-refractivity contribution in [1.29, 1.82) is 0 Å². The first-order chi connectivity index (χ1) is 14.9. The topological polar surface area (TPSA) is 63.0 Å². The van der Waals surface area contributed by atoms with Gasteiger partial charge in [0.1, 0.15) is 17.3 Å². The maximum atomic E-state index is 13.2. The van der Waals surface area contributed by atoms with Crippen LogP contribution in [0.4, 0.5) is 0 Å². The number of piperidine rings is 1. The first-order valence-electron chi connectivity index (χ1n) is 11.2. The smallest absolute Gasteiger partial charge is 0.257 e. The standard InChI is InChI=1S/C25H32N2O4/c1-17-13-23(18(2)31-17)25(29)27-14-21(16-30-22-7-5-4-6-8-22)24(15-27)20-9-11-26(12-10-20)19(3)28/h4-8,13,20-21,24H,9-12,14-16H2,1-3H3/t21-,24-/m0/s1. The number of hydrogen-bond acceptors (Lipinski definition) is 4. The van der Waals surface area contributed by atoms with Gasteiger partial charge in [-0.15, -0.1) is 0 Å². The Morgan fingerprint density at radius 3 is 2.39 bits per heavy atom. The number of aryl methyl sites for hydroxylation is 2. The second-order valence-corrected chi connectivity index (χ2v) is 8.93. The summed E-state index contributed by atoms with van der Waals surface area (Å²) in [5.41, 5.74) is 0.660. The molecule has 2 atom stereocenters. The maximum Gasteiger partial charge on any atom is 0.257 e. The lowest BCUT2D eigenvalue weighted by Gasteiger charge is -2.36. The van der Waals surface area contributed by atoms with Crippen molar-refractivity contribution in [3.63, 3.8) is 0 Å². The number of carbonyl (C=O) groups is 2. The van der Waals surface area contributed by atoms with E-state index >= 15 is 0 Å². The summed E-state index contributed by atoms with van der Waals surface area (Å²) in [4.78, 5) is 28.9. The van der Waals surface area contributed by atoms with Crippen molar-refractivity contribution in [1.82, 2.24) is 9.80 Å². The van der Waals surface area contributed by atoms with Crippen LogP contribution in [0.25, 0.3) is 0 Å². The lowest BCUT2D eigenvalue weighted by atomic mass is 9.78. The number of likely N-dealkylation sites (tertiary alicyclic amines) is 2. The van der Waals surface area contributed by atoms with E-state index in [1.54, 1.807) is 6.92 Å². The highest BCUT2D eigenvalue weighted by Gasteiger charge is 2.41. The lowest BCUT2D eigenvalue weighted by Crippen LogP contribution is -2.40. The van der Waals surface area contributed by atoms with E-state index < -0.39 is 0 Å². The second kappa shape index (κ2) is 9.16. The van der Waals surface area contributed by atoms with E-state index in [-0.39, 0.29) is 17.7 Å². The highest BCUT2D eigenvalue weighted by molar-refractivity contribution is 5.95. The highest BCUT2D eigenvalue weighted by Crippen LogP contribution is 2.37. The number of rotatable bonds is 5. The fourth-order valence-electron chi connectivity index (χ4n) is 5.15. The Balaban J connectivity index is 1.48. The van der Waals surface area contributed by atoms with E-state index in [9.17, 15) is 9.59 Å². The number of nitrogens with zero attached hydrogens (tertiary/aromatic N) is 2. The van der Waals surface area contributed by atoms with Crippen LogP contribution in [0, 0.1) is 31.6 Å². The monoisotopic (exact) mass is 424 g/mol. The molecule has 4 rings (SSSR count). The average molecular weight is 425 g/mol. The molecule has 31 heavy (non-hydrogen) atoms. The Hall–Kier alpha value is -2.76. The molecule has 3 heterocycles. The number of benzene rings is 1. The molecule has 2 aliphatic rings. The summed E-state index contributed by atoms with van der Waals surface area (Å²) < 4.78 is 11.7. The Bertz CT molecular complexity index is 915. The molecule has 1 aromatic carbocycles. The molecule has 166 valence electrons. The van der Waals surface area contributed by atoms with Gasteiger partial charge in [0, 0.05) is 39.0 Å². The third kappa shape index (κ3) is 4.78. The van der Waals surface area contributed by atoms with Crippen molar-refractivity contribution >= 4 is 11.8 Å². The minimum Gasteiger partial charge on any atom is -0.493 e. The number of para-hydroxylation sites is 1. The molecule has 2 saturated heterocycles. The van der Waals surface area contributed by atoms with Gasteiger partial charge < -0.3 is 19.0 Å². The number of hydrogen-bond donors (Lipinski definition) is 0. The van der Waals surface area contributed by atoms with E-state index in [2.05, 4.69) is 0 Å². The van der Waals surface area contributed by atoms with Crippen molar-refractivity contribution in [2.24, 2.45) is 17.8 Å². The zero-order chi connectivity index (χ0) is 22.0. The summed E-state index contributed by atoms with van der Waals surface area (Å²) >= 11 is 0. The van der Waals surface area contributed by atoms with Crippen LogP contribution in [0.1, 0.15) is 41.6 Å². The van der Waals surface area contributed by atoms with E-state index in [0.717, 1.165) is 44.0 Å². The molecule has 0 saturated carbocycles. The summed E-state index contributed by atoms with van der Waals surface area (Å²) in [5.74, 6) is 3.62. The molecule has 2 amide bonds. The van der Waals surface area contributed by atoms with Crippen molar-refractivity contribution in [2.75, 3.05) is 32.8 Å². The third-order valence-corrected chi connectivity index (χ3v) is 6.85. The van der Waals surface area contributed by atoms with Crippen LogP contribution in [0.15, 0.2) is 40.8 Å². The SMILES string of the molecule is CC(=O)N1CCC([C@@H]2CN(C(=O)c3cc(C)oc3C)C[C@H]2COc2ccccc2)CC1. The molecule has 0 bridgehead atoms. The van der Waals surface area contributed by atoms with Crippen LogP contribution in [0.3, 0.4) is 0 Å². The van der Waals surface area contributed by atoms with Crippen LogP contribution >= 0.6 is 0 Å². The molecular formula is C25H32N2O4. The summed E-state index contributed by atoms with van der Waals surface area (Å²) in [6.07, 6.45) is 1.97. The molecule has 2 aliphatic heterocycles. The van der Waals surface area contributed by atoms with Gasteiger partial charge in [-0.2, -0.15) is 0 Å². The third-order valence-electron chi connectivity index (χ3n) is 6.85. The van der Waals surface area contributed by atoms with Crippen LogP contribution in [-0.2, 0) is 4.79 Å². The Labute approximate surface area is 184 Å². The second-order valence-electron chi connectivity index (χ2n) is 8.93. The van der Waals surface area contributed by atoms with Gasteiger partial charge in [-0.1, -0.05) is 18.2 Å². The quantitative estimate of drug-likeness (QED) is 0.730. The molecule has 0 unspecified atom stereocenters. The molecular weight excluding hydrogens is 392 g/mol. The van der Waals surface area contributed by atoms with E-state index in [4.69, 9.17) is 9.15 Å². The van der Waals surface area contributed by atoms with Crippen LogP contribution in [0.5, 0.6) is 5.75 Å². The van der Waals surface area contributed by atoms with E-state index in [1.165, 1.54) is 0 Å². The lowest BCUT2D eigenvalue weighted by molar-refractivity contribution is -0.130. The van der Waals surface area contributed by atoms with Crippen molar-refractivity contribution in [2.45, 2.75) is 33.6 Å². The Kier molecular flexibility index (Phi) is 6.35. The average Bonchev–Trinajstić information content (AvgIpc) is 3.35. The van der Waals surface area contributed by atoms with Crippen LogP contribution < -0.4 is 4.74 Å². The fourth-order valence-corrected chi connectivity index (χ4v) is 5.15. The molecule has 0 radical (unpaired) electrons. The molecule has 0 aliphatic carbocycles. The first-order valence-corrected chi connectivity index (χ1v) is 11.2. The Morgan fingerprint density at radius 1 is 1.06 bits per heavy atom. The molecule has 2 fully saturated rings. The first kappa shape index (κ1) is 21.5. The molecule has 6 heteroatoms. The van der Waals surface area contributed by atoms with Crippen LogP contribution in [-0.4, -0.2) is 54.4 Å². The molecule has 6 nitrogen and oxygen atoms in total. The van der Waals surface area contributed by atoms with Gasteiger partial charge >= 0.3 is 0 Å². The van der Waals surface area contributed by atoms with Gasteiger partial charge in [-0.3, -0.25) is 9.59 Å². The maximum absolute atomic E-state index is 13.2. The number of ether oxygens (including phenoxy) is 1. The van der Waals surface area contributed by atoms with Gasteiger partial charge in [0.25, 0.3) is 5.91 Å². The van der Waals surface area contributed by atoms with Crippen molar-refractivity contribution in [3.8, 4) is 5.75 Å². The summed E-state index contributed by atoms with van der Waals surface area (Å²) in [6.45, 7) is 8.98. The number of carbonyl (C=O) groups excluding carboxylic acids is 2. The fraction of sp³-hybridized carbons (Fsp3) is 0.520. The van der Waals surface area contributed by atoms with Crippen molar-refractivity contribution < 1.29 is 18.7 Å². The predicted octanol–water partition coefficient (Wildman–Crippen LogP) is 3.92.